The van der Waals surface area contributed by atoms with Gasteiger partial charge in [0.15, 0.2) is 0 Å². The lowest BCUT2D eigenvalue weighted by molar-refractivity contribution is -0.160. The maximum absolute atomic E-state index is 12.1. The first-order valence-electron chi connectivity index (χ1n) is 10.3. The summed E-state index contributed by atoms with van der Waals surface area (Å²) in [7, 11) is 0. The summed E-state index contributed by atoms with van der Waals surface area (Å²) in [5.41, 5.74) is 2.29. The number of hydrogen-bond donors (Lipinski definition) is 1. The minimum atomic E-state index is -0.597. The van der Waals surface area contributed by atoms with Gasteiger partial charge in [-0.1, -0.05) is 37.1 Å². The lowest BCUT2D eigenvalue weighted by Gasteiger charge is -2.58. The summed E-state index contributed by atoms with van der Waals surface area (Å²) >= 11 is 0. The topological polar surface area (TPSA) is 58.9 Å². The van der Waals surface area contributed by atoms with E-state index in [-0.39, 0.29) is 22.9 Å². The molecule has 2 fully saturated rings. The van der Waals surface area contributed by atoms with Crippen LogP contribution >= 0.6 is 0 Å². The number of hydrogen-bond acceptors (Lipinski definition) is 3. The third-order valence-corrected chi connectivity index (χ3v) is 8.42. The van der Waals surface area contributed by atoms with Gasteiger partial charge < -0.3 is 9.94 Å². The summed E-state index contributed by atoms with van der Waals surface area (Å²) in [6.07, 6.45) is 10.9. The van der Waals surface area contributed by atoms with E-state index in [1.54, 1.807) is 5.57 Å². The summed E-state index contributed by atoms with van der Waals surface area (Å²) in [5, 5.41) is 14.1. The average Bonchev–Trinajstić information content (AvgIpc) is 3.01. The zero-order chi connectivity index (χ0) is 18.7. The van der Waals surface area contributed by atoms with Crippen LogP contribution in [0, 0.1) is 28.1 Å². The first kappa shape index (κ1) is 18.1. The first-order chi connectivity index (χ1) is 12.2. The third-order valence-electron chi connectivity index (χ3n) is 8.42. The Morgan fingerprint density at radius 2 is 2.04 bits per heavy atom. The van der Waals surface area contributed by atoms with Gasteiger partial charge in [-0.25, -0.2) is 0 Å². The second-order valence-electron chi connectivity index (χ2n) is 10.2. The Balaban J connectivity index is 1.63. The van der Waals surface area contributed by atoms with Crippen molar-refractivity contribution in [3.05, 3.63) is 11.6 Å². The molecule has 3 unspecified atom stereocenters. The van der Waals surface area contributed by atoms with E-state index < -0.39 is 11.4 Å². The first-order valence-corrected chi connectivity index (χ1v) is 10.3. The van der Waals surface area contributed by atoms with Crippen molar-refractivity contribution in [2.24, 2.45) is 33.2 Å². The predicted octanol–water partition coefficient (Wildman–Crippen LogP) is 5.19. The SMILES string of the molecule is CC1=NOC([C@@]2(C)CC=C3C(CCC4[C@](C)(C(=O)O)CCC[C@@]34C)C2)C1. The molecule has 0 saturated heterocycles. The standard InChI is InChI=1S/C22H33NO3/c1-14-12-18(26-23-14)20(2)11-8-16-15(13-20)6-7-17-21(16,3)9-5-10-22(17,4)19(24)25/h8,15,17-18H,5-7,9-13H2,1-4H3,(H,24,25)/t15?,17?,18?,20-,21-,22+/m0/s1. The Bertz CT molecular complexity index is 683. The molecule has 6 atom stereocenters. The van der Waals surface area contributed by atoms with Crippen LogP contribution in [0.25, 0.3) is 0 Å². The molecule has 4 heteroatoms. The molecule has 26 heavy (non-hydrogen) atoms. The largest absolute Gasteiger partial charge is 0.481 e. The van der Waals surface area contributed by atoms with Crippen LogP contribution in [0.1, 0.15) is 79.1 Å². The minimum Gasteiger partial charge on any atom is -0.481 e. The molecule has 0 aromatic rings. The highest BCUT2D eigenvalue weighted by Gasteiger charge is 2.58. The highest BCUT2D eigenvalue weighted by atomic mass is 16.6. The van der Waals surface area contributed by atoms with Crippen molar-refractivity contribution >= 4 is 11.7 Å². The van der Waals surface area contributed by atoms with Crippen LogP contribution in [0.5, 0.6) is 0 Å². The molecule has 0 aromatic heterocycles. The van der Waals surface area contributed by atoms with E-state index in [4.69, 9.17) is 4.84 Å². The maximum atomic E-state index is 12.1. The number of carboxylic acids is 1. The van der Waals surface area contributed by atoms with Crippen LogP contribution in [0.15, 0.2) is 16.8 Å². The molecule has 0 radical (unpaired) electrons. The van der Waals surface area contributed by atoms with Crippen LogP contribution in [0.2, 0.25) is 0 Å². The van der Waals surface area contributed by atoms with Gasteiger partial charge in [-0.2, -0.15) is 0 Å². The zero-order valence-corrected chi connectivity index (χ0v) is 16.7. The lowest BCUT2D eigenvalue weighted by Crippen LogP contribution is -2.53. The molecular weight excluding hydrogens is 326 g/mol. The van der Waals surface area contributed by atoms with Crippen LogP contribution in [-0.4, -0.2) is 22.9 Å². The Morgan fingerprint density at radius 3 is 2.69 bits per heavy atom. The van der Waals surface area contributed by atoms with Gasteiger partial charge in [0.2, 0.25) is 0 Å². The van der Waals surface area contributed by atoms with Crippen molar-refractivity contribution in [3.63, 3.8) is 0 Å². The molecule has 4 aliphatic rings. The normalized spacial score (nSPS) is 47.9. The molecule has 4 nitrogen and oxygen atoms in total. The Labute approximate surface area is 157 Å². The number of rotatable bonds is 2. The van der Waals surface area contributed by atoms with Crippen molar-refractivity contribution in [3.8, 4) is 0 Å². The van der Waals surface area contributed by atoms with E-state index >= 15 is 0 Å². The molecular formula is C22H33NO3. The number of allylic oxidation sites excluding steroid dienone is 2. The van der Waals surface area contributed by atoms with Gasteiger partial charge >= 0.3 is 5.97 Å². The van der Waals surface area contributed by atoms with Crippen molar-refractivity contribution < 1.29 is 14.7 Å². The fourth-order valence-corrected chi connectivity index (χ4v) is 6.84. The van der Waals surface area contributed by atoms with Crippen LogP contribution in [0.4, 0.5) is 0 Å². The molecule has 1 N–H and O–H groups in total. The van der Waals surface area contributed by atoms with Gasteiger partial charge in [-0.3, -0.25) is 4.79 Å². The van der Waals surface area contributed by atoms with Gasteiger partial charge in [0.05, 0.1) is 11.1 Å². The summed E-state index contributed by atoms with van der Waals surface area (Å²) < 4.78 is 0. The quantitative estimate of drug-likeness (QED) is 0.691. The highest BCUT2D eigenvalue weighted by molar-refractivity contribution is 5.83. The van der Waals surface area contributed by atoms with E-state index in [0.717, 1.165) is 57.1 Å². The Kier molecular flexibility index (Phi) is 4.06. The molecule has 1 heterocycles. The molecule has 1 aliphatic heterocycles. The number of oxime groups is 1. The van der Waals surface area contributed by atoms with E-state index in [0.29, 0.717) is 5.92 Å². The Hall–Kier alpha value is -1.32. The van der Waals surface area contributed by atoms with Gasteiger partial charge in [0, 0.05) is 11.8 Å². The van der Waals surface area contributed by atoms with Gasteiger partial charge in [-0.05, 0) is 69.6 Å². The molecule has 0 aromatic carbocycles. The minimum absolute atomic E-state index is 0.0542. The van der Waals surface area contributed by atoms with Gasteiger partial charge in [-0.15, -0.1) is 0 Å². The van der Waals surface area contributed by atoms with E-state index in [2.05, 4.69) is 32.0 Å². The number of fused-ring (bicyclic) bond motifs is 3. The number of carbonyl (C=O) groups is 1. The van der Waals surface area contributed by atoms with Crippen molar-refractivity contribution in [1.82, 2.24) is 0 Å². The molecule has 2 saturated carbocycles. The smallest absolute Gasteiger partial charge is 0.309 e. The van der Waals surface area contributed by atoms with Crippen molar-refractivity contribution in [2.45, 2.75) is 85.2 Å². The predicted molar refractivity (Wildman–Crippen MR) is 102 cm³/mol. The average molecular weight is 360 g/mol. The monoisotopic (exact) mass is 359 g/mol. The van der Waals surface area contributed by atoms with Crippen molar-refractivity contribution in [1.29, 1.82) is 0 Å². The third kappa shape index (κ3) is 2.47. The maximum Gasteiger partial charge on any atom is 0.309 e. The van der Waals surface area contributed by atoms with Crippen molar-refractivity contribution in [2.75, 3.05) is 0 Å². The second-order valence-corrected chi connectivity index (χ2v) is 10.2. The summed E-state index contributed by atoms with van der Waals surface area (Å²) in [6, 6.07) is 0. The van der Waals surface area contributed by atoms with Crippen LogP contribution in [0.3, 0.4) is 0 Å². The summed E-state index contributed by atoms with van der Waals surface area (Å²) in [5.74, 6) is 0.247. The summed E-state index contributed by atoms with van der Waals surface area (Å²) in [4.78, 5) is 17.9. The number of aliphatic carboxylic acids is 1. The van der Waals surface area contributed by atoms with Gasteiger partial charge in [0.25, 0.3) is 0 Å². The zero-order valence-electron chi connectivity index (χ0n) is 16.7. The van der Waals surface area contributed by atoms with E-state index in [1.165, 1.54) is 0 Å². The second kappa shape index (κ2) is 5.84. The Morgan fingerprint density at radius 1 is 1.27 bits per heavy atom. The molecule has 3 aliphatic carbocycles. The molecule has 0 bridgehead atoms. The lowest BCUT2D eigenvalue weighted by atomic mass is 9.46. The molecule has 0 spiro atoms. The van der Waals surface area contributed by atoms with Crippen LogP contribution < -0.4 is 0 Å². The molecule has 0 amide bonds. The van der Waals surface area contributed by atoms with E-state index in [9.17, 15) is 9.90 Å². The molecule has 144 valence electrons. The fraction of sp³-hybridized carbons (Fsp3) is 0.818. The van der Waals surface area contributed by atoms with E-state index in [1.807, 2.05) is 6.92 Å². The van der Waals surface area contributed by atoms with Gasteiger partial charge in [0.1, 0.15) is 6.10 Å². The van der Waals surface area contributed by atoms with Crippen LogP contribution in [-0.2, 0) is 9.63 Å². The number of nitrogens with zero attached hydrogens (tertiary/aromatic N) is 1. The molecule has 4 rings (SSSR count). The fourth-order valence-electron chi connectivity index (χ4n) is 6.84. The summed E-state index contributed by atoms with van der Waals surface area (Å²) in [6.45, 7) is 8.76. The number of carboxylic acid groups (broad SMARTS) is 1. The highest BCUT2D eigenvalue weighted by Crippen LogP contribution is 2.64.